The molecule has 0 saturated heterocycles. The summed E-state index contributed by atoms with van der Waals surface area (Å²) in [4.78, 5) is 11.8. The lowest BCUT2D eigenvalue weighted by Crippen LogP contribution is -2.15. The SMILES string of the molecule is CCn1cnnc1SCCn1c(=O)oc2ccccc21. The number of nitrogens with zero attached hydrogens (tertiary/aromatic N) is 4. The molecule has 0 spiro atoms. The van der Waals surface area contributed by atoms with Crippen LogP contribution in [0.5, 0.6) is 0 Å². The van der Waals surface area contributed by atoms with Crippen molar-refractivity contribution >= 4 is 22.9 Å². The first-order valence-corrected chi connectivity index (χ1v) is 7.37. The first kappa shape index (κ1) is 13.0. The van der Waals surface area contributed by atoms with E-state index in [-0.39, 0.29) is 5.76 Å². The van der Waals surface area contributed by atoms with E-state index in [1.54, 1.807) is 28.7 Å². The monoisotopic (exact) mass is 290 g/mol. The van der Waals surface area contributed by atoms with Crippen LogP contribution in [-0.4, -0.2) is 25.1 Å². The average Bonchev–Trinajstić information content (AvgIpc) is 3.03. The van der Waals surface area contributed by atoms with Crippen LogP contribution in [-0.2, 0) is 13.1 Å². The van der Waals surface area contributed by atoms with Crippen LogP contribution in [0.2, 0.25) is 0 Å². The summed E-state index contributed by atoms with van der Waals surface area (Å²) in [6.07, 6.45) is 1.71. The van der Waals surface area contributed by atoms with E-state index in [1.165, 1.54) is 0 Å². The highest BCUT2D eigenvalue weighted by Crippen LogP contribution is 2.17. The summed E-state index contributed by atoms with van der Waals surface area (Å²) in [5, 5.41) is 8.81. The van der Waals surface area contributed by atoms with Gasteiger partial charge < -0.3 is 8.98 Å². The lowest BCUT2D eigenvalue weighted by molar-refractivity contribution is 0.514. The molecule has 0 amide bonds. The van der Waals surface area contributed by atoms with Crippen molar-refractivity contribution in [3.05, 3.63) is 41.1 Å². The molecule has 2 aromatic heterocycles. The Morgan fingerprint density at radius 3 is 3.05 bits per heavy atom. The van der Waals surface area contributed by atoms with Gasteiger partial charge in [-0.1, -0.05) is 23.9 Å². The third-order valence-electron chi connectivity index (χ3n) is 3.04. The first-order valence-electron chi connectivity index (χ1n) is 6.38. The van der Waals surface area contributed by atoms with Crippen LogP contribution < -0.4 is 5.76 Å². The number of fused-ring (bicyclic) bond motifs is 1. The topological polar surface area (TPSA) is 65.8 Å². The van der Waals surface area contributed by atoms with Gasteiger partial charge in [-0.05, 0) is 19.1 Å². The Morgan fingerprint density at radius 1 is 1.35 bits per heavy atom. The molecule has 1 aromatic carbocycles. The van der Waals surface area contributed by atoms with E-state index in [1.807, 2.05) is 29.7 Å². The third kappa shape index (κ3) is 2.36. The van der Waals surface area contributed by atoms with Gasteiger partial charge >= 0.3 is 5.76 Å². The fourth-order valence-corrected chi connectivity index (χ4v) is 2.93. The van der Waals surface area contributed by atoms with Crippen LogP contribution in [0.4, 0.5) is 0 Å². The minimum absolute atomic E-state index is 0.316. The van der Waals surface area contributed by atoms with Gasteiger partial charge in [0.1, 0.15) is 6.33 Å². The normalized spacial score (nSPS) is 11.2. The summed E-state index contributed by atoms with van der Waals surface area (Å²) < 4.78 is 8.82. The molecule has 7 heteroatoms. The predicted octanol–water partition coefficient (Wildman–Crippen LogP) is 2.00. The van der Waals surface area contributed by atoms with Gasteiger partial charge in [-0.3, -0.25) is 4.57 Å². The van der Waals surface area contributed by atoms with Gasteiger partial charge in [-0.15, -0.1) is 10.2 Å². The number of aromatic nitrogens is 4. The lowest BCUT2D eigenvalue weighted by atomic mass is 10.3. The standard InChI is InChI=1S/C13H14N4O2S/c1-2-16-9-14-15-12(16)20-8-7-17-10-5-3-4-6-11(10)19-13(17)18/h3-6,9H,2,7-8H2,1H3. The Bertz CT molecular complexity index is 774. The van der Waals surface area contributed by atoms with Crippen LogP contribution in [0.3, 0.4) is 0 Å². The summed E-state index contributed by atoms with van der Waals surface area (Å²) in [5.74, 6) is 0.422. The molecule has 0 aliphatic carbocycles. The van der Waals surface area contributed by atoms with Crippen molar-refractivity contribution in [2.24, 2.45) is 0 Å². The Labute approximate surface area is 119 Å². The molecule has 0 atom stereocenters. The molecule has 0 fully saturated rings. The van der Waals surface area contributed by atoms with Crippen molar-refractivity contribution in [3.8, 4) is 0 Å². The maximum absolute atomic E-state index is 11.8. The molecule has 0 N–H and O–H groups in total. The van der Waals surface area contributed by atoms with E-state index in [0.717, 1.165) is 23.0 Å². The van der Waals surface area contributed by atoms with E-state index in [4.69, 9.17) is 4.42 Å². The van der Waals surface area contributed by atoms with Crippen molar-refractivity contribution in [1.29, 1.82) is 0 Å². The molecular weight excluding hydrogens is 276 g/mol. The summed E-state index contributed by atoms with van der Waals surface area (Å²) >= 11 is 1.58. The van der Waals surface area contributed by atoms with E-state index >= 15 is 0 Å². The number of hydrogen-bond acceptors (Lipinski definition) is 5. The van der Waals surface area contributed by atoms with Gasteiger partial charge in [-0.2, -0.15) is 0 Å². The van der Waals surface area contributed by atoms with E-state index in [2.05, 4.69) is 10.2 Å². The second kappa shape index (κ2) is 5.54. The van der Waals surface area contributed by atoms with Crippen molar-refractivity contribution < 1.29 is 4.42 Å². The summed E-state index contributed by atoms with van der Waals surface area (Å²) in [6.45, 7) is 3.46. The fourth-order valence-electron chi connectivity index (χ4n) is 2.03. The number of thioether (sulfide) groups is 1. The van der Waals surface area contributed by atoms with Crippen LogP contribution in [0, 0.1) is 0 Å². The highest BCUT2D eigenvalue weighted by atomic mass is 32.2. The molecule has 0 saturated carbocycles. The number of oxazole rings is 1. The number of rotatable bonds is 5. The minimum Gasteiger partial charge on any atom is -0.408 e. The highest BCUT2D eigenvalue weighted by molar-refractivity contribution is 7.99. The van der Waals surface area contributed by atoms with E-state index in [0.29, 0.717) is 12.1 Å². The summed E-state index contributed by atoms with van der Waals surface area (Å²) in [6, 6.07) is 7.44. The second-order valence-electron chi connectivity index (χ2n) is 4.24. The average molecular weight is 290 g/mol. The van der Waals surface area contributed by atoms with Crippen LogP contribution in [0.25, 0.3) is 11.1 Å². The number of para-hydroxylation sites is 2. The summed E-state index contributed by atoms with van der Waals surface area (Å²) in [7, 11) is 0. The lowest BCUT2D eigenvalue weighted by Gasteiger charge is -2.03. The van der Waals surface area contributed by atoms with Gasteiger partial charge in [0.05, 0.1) is 5.52 Å². The van der Waals surface area contributed by atoms with Gasteiger partial charge in [0.2, 0.25) is 0 Å². The number of aryl methyl sites for hydroxylation is 2. The number of hydrogen-bond donors (Lipinski definition) is 0. The molecule has 2 heterocycles. The largest absolute Gasteiger partial charge is 0.419 e. The van der Waals surface area contributed by atoms with Gasteiger partial charge in [0.15, 0.2) is 10.7 Å². The predicted molar refractivity (Wildman–Crippen MR) is 76.9 cm³/mol. The maximum atomic E-state index is 11.8. The number of benzene rings is 1. The molecule has 0 aliphatic heterocycles. The quantitative estimate of drug-likeness (QED) is 0.672. The first-order chi connectivity index (χ1) is 9.79. The van der Waals surface area contributed by atoms with E-state index in [9.17, 15) is 4.79 Å². The molecule has 0 aliphatic rings. The van der Waals surface area contributed by atoms with Crippen molar-refractivity contribution in [2.45, 2.75) is 25.2 Å². The second-order valence-corrected chi connectivity index (χ2v) is 5.30. The van der Waals surface area contributed by atoms with Gasteiger partial charge in [0.25, 0.3) is 0 Å². The molecule has 104 valence electrons. The maximum Gasteiger partial charge on any atom is 0.419 e. The highest BCUT2D eigenvalue weighted by Gasteiger charge is 2.09. The molecule has 6 nitrogen and oxygen atoms in total. The molecule has 0 radical (unpaired) electrons. The Balaban J connectivity index is 1.74. The van der Waals surface area contributed by atoms with Crippen molar-refractivity contribution in [1.82, 2.24) is 19.3 Å². The Hall–Kier alpha value is -2.02. The molecule has 3 aromatic rings. The van der Waals surface area contributed by atoms with Crippen molar-refractivity contribution in [3.63, 3.8) is 0 Å². The van der Waals surface area contributed by atoms with Crippen molar-refractivity contribution in [2.75, 3.05) is 5.75 Å². The molecular formula is C13H14N4O2S. The summed E-state index contributed by atoms with van der Waals surface area (Å²) in [5.41, 5.74) is 1.45. The van der Waals surface area contributed by atoms with Crippen LogP contribution >= 0.6 is 11.8 Å². The molecule has 20 heavy (non-hydrogen) atoms. The fraction of sp³-hybridized carbons (Fsp3) is 0.308. The van der Waals surface area contributed by atoms with Gasteiger partial charge in [-0.25, -0.2) is 4.79 Å². The Morgan fingerprint density at radius 2 is 2.20 bits per heavy atom. The zero-order valence-corrected chi connectivity index (χ0v) is 11.8. The minimum atomic E-state index is -0.316. The van der Waals surface area contributed by atoms with E-state index < -0.39 is 0 Å². The Kier molecular flexibility index (Phi) is 3.60. The van der Waals surface area contributed by atoms with Gasteiger partial charge in [0, 0.05) is 18.8 Å². The smallest absolute Gasteiger partial charge is 0.408 e. The molecule has 0 unspecified atom stereocenters. The zero-order valence-electron chi connectivity index (χ0n) is 11.0. The molecule has 3 rings (SSSR count). The van der Waals surface area contributed by atoms with Crippen LogP contribution in [0.1, 0.15) is 6.92 Å². The third-order valence-corrected chi connectivity index (χ3v) is 4.00. The molecule has 0 bridgehead atoms. The zero-order chi connectivity index (χ0) is 13.9. The van der Waals surface area contributed by atoms with Crippen LogP contribution in [0.15, 0.2) is 45.0 Å².